The highest BCUT2D eigenvalue weighted by molar-refractivity contribution is 14.1. The molecule has 0 saturated carbocycles. The molecule has 2 rings (SSSR count). The van der Waals surface area contributed by atoms with E-state index in [-0.39, 0.29) is 5.41 Å². The highest BCUT2D eigenvalue weighted by atomic mass is 127. The molecule has 2 aromatic rings. The molecular weight excluding hydrogens is 327 g/mol. The molecule has 0 N–H and O–H groups in total. The fourth-order valence-electron chi connectivity index (χ4n) is 1.12. The van der Waals surface area contributed by atoms with Crippen LogP contribution in [0.5, 0.6) is 0 Å². The first-order valence-corrected chi connectivity index (χ1v) is 6.16. The summed E-state index contributed by atoms with van der Waals surface area (Å²) in [7, 11) is 0. The monoisotopic (exact) mass is 336 g/mol. The van der Waals surface area contributed by atoms with Gasteiger partial charge in [0.05, 0.1) is 5.69 Å². The topological polar surface area (TPSA) is 64.7 Å². The molecule has 0 spiro atoms. The third-order valence-electron chi connectivity index (χ3n) is 1.79. The van der Waals surface area contributed by atoms with Crippen molar-refractivity contribution >= 4 is 34.1 Å². The Balaban J connectivity index is 2.50. The molecule has 0 fully saturated rings. The van der Waals surface area contributed by atoms with Gasteiger partial charge in [0, 0.05) is 28.0 Å². The fourth-order valence-corrected chi connectivity index (χ4v) is 2.24. The van der Waals surface area contributed by atoms with E-state index in [9.17, 15) is 0 Å². The predicted octanol–water partition coefficient (Wildman–Crippen LogP) is 2.49. The largest absolute Gasteiger partial charge is 0.332 e. The summed E-state index contributed by atoms with van der Waals surface area (Å²) in [5.41, 5.74) is 0.829. The fraction of sp³-hybridized carbons (Fsp3) is 0.500. The highest BCUT2D eigenvalue weighted by Crippen LogP contribution is 2.32. The molecule has 2 heterocycles. The summed E-state index contributed by atoms with van der Waals surface area (Å²) in [4.78, 5) is 5.03. The summed E-state index contributed by atoms with van der Waals surface area (Å²) in [6.07, 6.45) is 0. The molecule has 0 unspecified atom stereocenters. The minimum absolute atomic E-state index is 0.0672. The Morgan fingerprint density at radius 1 is 1.33 bits per heavy atom. The van der Waals surface area contributed by atoms with Crippen LogP contribution >= 0.6 is 34.1 Å². The third kappa shape index (κ3) is 2.17. The minimum Gasteiger partial charge on any atom is -0.332 e. The summed E-state index contributed by atoms with van der Waals surface area (Å²) in [5, 5.41) is 7.86. The number of halogens is 1. The zero-order valence-corrected chi connectivity index (χ0v) is 11.5. The molecule has 5 nitrogen and oxygen atoms in total. The van der Waals surface area contributed by atoms with E-state index in [1.54, 1.807) is 0 Å². The van der Waals surface area contributed by atoms with Gasteiger partial charge < -0.3 is 4.52 Å². The standard InChI is InChI=1S/C8H9IN4OS/c1-8(2,3)5-4(15-13-11-5)6-10-7(9)12-14-6/h1-3H3. The Bertz CT molecular complexity index is 473. The van der Waals surface area contributed by atoms with Crippen molar-refractivity contribution in [2.45, 2.75) is 26.2 Å². The van der Waals surface area contributed by atoms with E-state index in [0.29, 0.717) is 9.72 Å². The van der Waals surface area contributed by atoms with Crippen LogP contribution < -0.4 is 0 Å². The zero-order valence-electron chi connectivity index (χ0n) is 8.48. The quantitative estimate of drug-likeness (QED) is 0.749. The molecule has 0 amide bonds. The second kappa shape index (κ2) is 3.78. The van der Waals surface area contributed by atoms with E-state index in [0.717, 1.165) is 10.6 Å². The Hall–Kier alpha value is -0.570. The Morgan fingerprint density at radius 2 is 2.07 bits per heavy atom. The van der Waals surface area contributed by atoms with Crippen LogP contribution in [0.4, 0.5) is 0 Å². The second-order valence-corrected chi connectivity index (χ2v) is 5.79. The SMILES string of the molecule is CC(C)(C)c1nnsc1-c1nc(I)no1. The van der Waals surface area contributed by atoms with E-state index in [1.807, 2.05) is 22.6 Å². The Kier molecular flexibility index (Phi) is 2.75. The van der Waals surface area contributed by atoms with Crippen LogP contribution in [0.2, 0.25) is 0 Å². The number of hydrogen-bond acceptors (Lipinski definition) is 6. The molecule has 0 bridgehead atoms. The minimum atomic E-state index is -0.0672. The lowest BCUT2D eigenvalue weighted by molar-refractivity contribution is 0.425. The summed E-state index contributed by atoms with van der Waals surface area (Å²) >= 11 is 3.29. The molecule has 2 aromatic heterocycles. The Labute approximate surface area is 105 Å². The van der Waals surface area contributed by atoms with Crippen molar-refractivity contribution < 1.29 is 4.52 Å². The Morgan fingerprint density at radius 3 is 2.60 bits per heavy atom. The van der Waals surface area contributed by atoms with Gasteiger partial charge in [0.15, 0.2) is 0 Å². The van der Waals surface area contributed by atoms with Gasteiger partial charge in [-0.3, -0.25) is 0 Å². The summed E-state index contributed by atoms with van der Waals surface area (Å²) in [6, 6.07) is 0. The first kappa shape index (κ1) is 10.9. The lowest BCUT2D eigenvalue weighted by Gasteiger charge is -2.14. The number of rotatable bonds is 1. The molecule has 0 aliphatic heterocycles. The maximum absolute atomic E-state index is 5.11. The van der Waals surface area contributed by atoms with Crippen LogP contribution in [0.15, 0.2) is 4.52 Å². The van der Waals surface area contributed by atoms with Crippen molar-refractivity contribution in [3.8, 4) is 10.8 Å². The second-order valence-electron chi connectivity index (χ2n) is 4.07. The van der Waals surface area contributed by atoms with E-state index in [4.69, 9.17) is 4.52 Å². The van der Waals surface area contributed by atoms with Crippen LogP contribution in [0.1, 0.15) is 26.5 Å². The van der Waals surface area contributed by atoms with Crippen molar-refractivity contribution in [3.63, 3.8) is 0 Å². The predicted molar refractivity (Wildman–Crippen MR) is 64.6 cm³/mol. The normalized spacial score (nSPS) is 12.0. The van der Waals surface area contributed by atoms with Gasteiger partial charge in [0.1, 0.15) is 4.88 Å². The average molecular weight is 336 g/mol. The smallest absolute Gasteiger partial charge is 0.272 e. The van der Waals surface area contributed by atoms with Crippen molar-refractivity contribution in [3.05, 3.63) is 9.53 Å². The van der Waals surface area contributed by atoms with Crippen molar-refractivity contribution in [2.75, 3.05) is 0 Å². The van der Waals surface area contributed by atoms with Crippen LogP contribution in [0.3, 0.4) is 0 Å². The summed E-state index contributed by atoms with van der Waals surface area (Å²) in [5.74, 6) is 0.499. The van der Waals surface area contributed by atoms with E-state index >= 15 is 0 Å². The van der Waals surface area contributed by atoms with Crippen molar-refractivity contribution in [2.24, 2.45) is 0 Å². The average Bonchev–Trinajstić information content (AvgIpc) is 2.68. The van der Waals surface area contributed by atoms with Gasteiger partial charge in [-0.25, -0.2) is 0 Å². The molecule has 0 aromatic carbocycles. The molecule has 0 atom stereocenters. The van der Waals surface area contributed by atoms with Gasteiger partial charge in [0.2, 0.25) is 3.83 Å². The molecule has 0 aliphatic carbocycles. The van der Waals surface area contributed by atoms with E-state index in [2.05, 4.69) is 40.5 Å². The number of hydrogen-bond donors (Lipinski definition) is 0. The maximum Gasteiger partial charge on any atom is 0.272 e. The number of nitrogens with zero attached hydrogens (tertiary/aromatic N) is 4. The van der Waals surface area contributed by atoms with Gasteiger partial charge in [0.25, 0.3) is 5.89 Å². The van der Waals surface area contributed by atoms with Gasteiger partial charge in [-0.1, -0.05) is 30.4 Å². The van der Waals surface area contributed by atoms with Crippen LogP contribution in [0, 0.1) is 3.83 Å². The molecule has 0 saturated heterocycles. The first-order valence-electron chi connectivity index (χ1n) is 4.31. The molecule has 0 radical (unpaired) electrons. The van der Waals surface area contributed by atoms with Crippen LogP contribution in [0.25, 0.3) is 10.8 Å². The molecule has 0 aliphatic rings. The lowest BCUT2D eigenvalue weighted by Crippen LogP contribution is -2.13. The summed E-state index contributed by atoms with van der Waals surface area (Å²) in [6.45, 7) is 6.23. The van der Waals surface area contributed by atoms with Gasteiger partial charge >= 0.3 is 0 Å². The summed E-state index contributed by atoms with van der Waals surface area (Å²) < 4.78 is 9.64. The molecule has 80 valence electrons. The number of aromatic nitrogens is 4. The maximum atomic E-state index is 5.11. The van der Waals surface area contributed by atoms with Crippen molar-refractivity contribution in [1.29, 1.82) is 0 Å². The van der Waals surface area contributed by atoms with Gasteiger partial charge in [-0.15, -0.1) is 5.10 Å². The van der Waals surface area contributed by atoms with Gasteiger partial charge in [-0.2, -0.15) is 4.98 Å². The first-order chi connectivity index (χ1) is 6.98. The van der Waals surface area contributed by atoms with Crippen molar-refractivity contribution in [1.82, 2.24) is 19.7 Å². The molecular formula is C8H9IN4OS. The van der Waals surface area contributed by atoms with E-state index < -0.39 is 0 Å². The molecule has 15 heavy (non-hydrogen) atoms. The van der Waals surface area contributed by atoms with Crippen LogP contribution in [-0.2, 0) is 5.41 Å². The van der Waals surface area contributed by atoms with E-state index in [1.165, 1.54) is 11.5 Å². The zero-order chi connectivity index (χ0) is 11.1. The van der Waals surface area contributed by atoms with Gasteiger partial charge in [-0.05, 0) is 11.5 Å². The lowest BCUT2D eigenvalue weighted by atomic mass is 9.91. The highest BCUT2D eigenvalue weighted by Gasteiger charge is 2.26. The molecule has 7 heteroatoms. The third-order valence-corrected chi connectivity index (χ3v) is 2.95. The van der Waals surface area contributed by atoms with Crippen LogP contribution in [-0.4, -0.2) is 19.7 Å².